The van der Waals surface area contributed by atoms with Crippen LogP contribution in [0.5, 0.6) is 0 Å². The van der Waals surface area contributed by atoms with Crippen LogP contribution < -0.4 is 16.9 Å². The molecule has 8 heteroatoms. The normalized spacial score (nSPS) is 17.9. The average molecular weight is 426 g/mol. The van der Waals surface area contributed by atoms with E-state index in [9.17, 15) is 4.39 Å². The fourth-order valence-electron chi connectivity index (χ4n) is 3.85. The third-order valence-electron chi connectivity index (χ3n) is 5.42. The number of benzene rings is 1. The summed E-state index contributed by atoms with van der Waals surface area (Å²) in [6.45, 7) is 8.56. The smallest absolute Gasteiger partial charge is 0.243 e. The molecule has 2 aromatic heterocycles. The molecule has 3 aromatic rings. The van der Waals surface area contributed by atoms with E-state index < -0.39 is 0 Å². The molecule has 1 aliphatic heterocycles. The maximum atomic E-state index is 13.5. The van der Waals surface area contributed by atoms with Gasteiger partial charge in [0.25, 0.3) is 0 Å². The van der Waals surface area contributed by atoms with Crippen molar-refractivity contribution in [3.8, 4) is 11.1 Å². The van der Waals surface area contributed by atoms with E-state index in [1.807, 2.05) is 46.0 Å². The predicted octanol–water partition coefficient (Wildman–Crippen LogP) is 4.20. The van der Waals surface area contributed by atoms with E-state index in [0.717, 1.165) is 53.0 Å². The largest absolute Gasteiger partial charge is 0.401 e. The number of halogens is 1. The average Bonchev–Trinajstić information content (AvgIpc) is 3.17. The number of pyridine rings is 1. The summed E-state index contributed by atoms with van der Waals surface area (Å²) in [6, 6.07) is 8.78. The highest BCUT2D eigenvalue weighted by atomic mass is 19.1. The van der Waals surface area contributed by atoms with Gasteiger partial charge in [-0.25, -0.2) is 14.7 Å². The maximum Gasteiger partial charge on any atom is 0.243 e. The van der Waals surface area contributed by atoms with E-state index in [4.69, 9.17) is 16.6 Å². The number of hydrazine groups is 1. The quantitative estimate of drug-likeness (QED) is 0.542. The zero-order valence-corrected chi connectivity index (χ0v) is 18.7. The van der Waals surface area contributed by atoms with Crippen LogP contribution in [0, 0.1) is 12.7 Å². The molecule has 0 aliphatic carbocycles. The van der Waals surface area contributed by atoms with Gasteiger partial charge in [-0.15, -0.1) is 5.10 Å². The van der Waals surface area contributed by atoms with Crippen molar-refractivity contribution in [3.05, 3.63) is 59.3 Å². The molecule has 0 amide bonds. The van der Waals surface area contributed by atoms with Crippen LogP contribution >= 0.6 is 0 Å². The van der Waals surface area contributed by atoms with E-state index in [1.165, 1.54) is 12.1 Å². The fraction of sp³-hybridized carbons (Fsp3) is 0.391. The first kappa shape index (κ1) is 22.6. The van der Waals surface area contributed by atoms with Crippen molar-refractivity contribution in [2.45, 2.75) is 53.0 Å². The van der Waals surface area contributed by atoms with Gasteiger partial charge in [0.1, 0.15) is 5.82 Å². The van der Waals surface area contributed by atoms with Gasteiger partial charge in [0.15, 0.2) is 5.65 Å². The van der Waals surface area contributed by atoms with E-state index >= 15 is 0 Å². The van der Waals surface area contributed by atoms with E-state index in [2.05, 4.69) is 10.4 Å². The molecule has 0 bridgehead atoms. The molecule has 166 valence electrons. The minimum absolute atomic E-state index is 0.127. The predicted molar refractivity (Wildman–Crippen MR) is 124 cm³/mol. The van der Waals surface area contributed by atoms with Gasteiger partial charge in [-0.2, -0.15) is 4.98 Å². The monoisotopic (exact) mass is 425 g/mol. The van der Waals surface area contributed by atoms with Gasteiger partial charge in [-0.3, -0.25) is 0 Å². The van der Waals surface area contributed by atoms with Crippen molar-refractivity contribution in [3.63, 3.8) is 0 Å². The lowest BCUT2D eigenvalue weighted by atomic mass is 10.0. The summed E-state index contributed by atoms with van der Waals surface area (Å²) in [5.41, 5.74) is 11.4. The van der Waals surface area contributed by atoms with Crippen molar-refractivity contribution in [1.82, 2.24) is 19.6 Å². The Labute approximate surface area is 182 Å². The molecule has 1 aromatic carbocycles. The molecule has 0 saturated carbocycles. The maximum absolute atomic E-state index is 13.5. The Morgan fingerprint density at radius 3 is 2.71 bits per heavy atom. The molecule has 0 radical (unpaired) electrons. The van der Waals surface area contributed by atoms with Crippen molar-refractivity contribution < 1.29 is 4.39 Å². The molecule has 1 saturated heterocycles. The van der Waals surface area contributed by atoms with Crippen LogP contribution in [-0.2, 0) is 0 Å². The molecule has 5 N–H and O–H groups in total. The molecule has 3 heterocycles. The number of nitrogens with zero attached hydrogens (tertiary/aromatic N) is 4. The van der Waals surface area contributed by atoms with Gasteiger partial charge in [0.2, 0.25) is 5.95 Å². The van der Waals surface area contributed by atoms with Gasteiger partial charge in [0.05, 0.1) is 6.54 Å². The molecule has 31 heavy (non-hydrogen) atoms. The Balaban J connectivity index is 0.00000132. The lowest BCUT2D eigenvalue weighted by Crippen LogP contribution is -2.45. The molecule has 1 unspecified atom stereocenters. The number of fused-ring (bicyclic) bond motifs is 1. The van der Waals surface area contributed by atoms with Gasteiger partial charge in [0, 0.05) is 29.2 Å². The zero-order valence-electron chi connectivity index (χ0n) is 18.7. The fourth-order valence-corrected chi connectivity index (χ4v) is 3.85. The summed E-state index contributed by atoms with van der Waals surface area (Å²) in [7, 11) is 0. The first-order chi connectivity index (χ1) is 15.0. The van der Waals surface area contributed by atoms with Gasteiger partial charge in [-0.05, 0) is 61.6 Å². The SMILES string of the molecule is CC.CC/C(N)=C1\CCC(Nc2nc3c(-c4ccc(F)cc4C)cccn3n2)CN1N. The van der Waals surface area contributed by atoms with Crippen LogP contribution in [0.25, 0.3) is 16.8 Å². The second-order valence-electron chi connectivity index (χ2n) is 7.44. The zero-order chi connectivity index (χ0) is 22.5. The number of allylic oxidation sites excluding steroid dienone is 2. The van der Waals surface area contributed by atoms with Crippen molar-refractivity contribution >= 4 is 11.6 Å². The van der Waals surface area contributed by atoms with Gasteiger partial charge in [-0.1, -0.05) is 26.8 Å². The van der Waals surface area contributed by atoms with Crippen LogP contribution in [0.3, 0.4) is 0 Å². The highest BCUT2D eigenvalue weighted by Gasteiger charge is 2.24. The second-order valence-corrected chi connectivity index (χ2v) is 7.44. The number of anilines is 1. The van der Waals surface area contributed by atoms with Crippen molar-refractivity contribution in [2.75, 3.05) is 11.9 Å². The van der Waals surface area contributed by atoms with Crippen LogP contribution in [0.4, 0.5) is 10.3 Å². The molecule has 0 spiro atoms. The van der Waals surface area contributed by atoms with Crippen LogP contribution in [0.1, 0.15) is 45.6 Å². The van der Waals surface area contributed by atoms with Crippen LogP contribution in [-0.4, -0.2) is 32.2 Å². The Bertz CT molecular complexity index is 1070. The first-order valence-corrected chi connectivity index (χ1v) is 10.8. The summed E-state index contributed by atoms with van der Waals surface area (Å²) in [4.78, 5) is 4.69. The number of aromatic nitrogens is 3. The summed E-state index contributed by atoms with van der Waals surface area (Å²) in [5, 5.41) is 9.68. The van der Waals surface area contributed by atoms with Crippen LogP contribution in [0.15, 0.2) is 47.9 Å². The second kappa shape index (κ2) is 9.78. The number of nitrogens with one attached hydrogen (secondary N) is 1. The molecular formula is C23H32FN7. The van der Waals surface area contributed by atoms with E-state index in [1.54, 1.807) is 15.6 Å². The molecule has 4 rings (SSSR count). The van der Waals surface area contributed by atoms with Gasteiger partial charge < -0.3 is 16.1 Å². The van der Waals surface area contributed by atoms with E-state index in [0.29, 0.717) is 12.5 Å². The molecule has 1 atom stereocenters. The molecule has 7 nitrogen and oxygen atoms in total. The lowest BCUT2D eigenvalue weighted by Gasteiger charge is -2.34. The van der Waals surface area contributed by atoms with Crippen molar-refractivity contribution in [2.24, 2.45) is 11.6 Å². The first-order valence-electron chi connectivity index (χ1n) is 10.8. The number of nitrogens with two attached hydrogens (primary N) is 2. The highest BCUT2D eigenvalue weighted by molar-refractivity contribution is 5.79. The number of rotatable bonds is 4. The highest BCUT2D eigenvalue weighted by Crippen LogP contribution is 2.28. The number of hydrogen-bond donors (Lipinski definition) is 3. The Morgan fingerprint density at radius 1 is 1.26 bits per heavy atom. The summed E-state index contributed by atoms with van der Waals surface area (Å²) in [5.74, 6) is 6.48. The topological polar surface area (TPSA) is 97.5 Å². The minimum atomic E-state index is -0.247. The van der Waals surface area contributed by atoms with E-state index in [-0.39, 0.29) is 11.9 Å². The summed E-state index contributed by atoms with van der Waals surface area (Å²) >= 11 is 0. The standard InChI is InChI=1S/C21H26FN7.C2H6/c1-3-18(23)19-9-7-15(12-28(19)24)25-21-26-20-17(5-4-10-29(20)27-21)16-8-6-14(22)11-13(16)2;1-2/h4-6,8,10-11,15H,3,7,9,12,23-24H2,1-2H3,(H,25,27);1-2H3/b19-18-;. The summed E-state index contributed by atoms with van der Waals surface area (Å²) in [6.07, 6.45) is 4.37. The minimum Gasteiger partial charge on any atom is -0.401 e. The third-order valence-corrected chi connectivity index (χ3v) is 5.42. The number of piperidine rings is 1. The lowest BCUT2D eigenvalue weighted by molar-refractivity contribution is 0.277. The number of aryl methyl sites for hydroxylation is 1. The summed E-state index contributed by atoms with van der Waals surface area (Å²) < 4.78 is 15.2. The third kappa shape index (κ3) is 4.80. The molecule has 1 fully saturated rings. The Morgan fingerprint density at radius 2 is 2.03 bits per heavy atom. The molecule has 1 aliphatic rings. The van der Waals surface area contributed by atoms with Gasteiger partial charge >= 0.3 is 0 Å². The van der Waals surface area contributed by atoms with Crippen molar-refractivity contribution in [1.29, 1.82) is 0 Å². The number of hydrogen-bond acceptors (Lipinski definition) is 6. The Kier molecular flexibility index (Phi) is 7.12. The Hall–Kier alpha value is -3.13. The molecular weight excluding hydrogens is 393 g/mol. The van der Waals surface area contributed by atoms with Crippen LogP contribution in [0.2, 0.25) is 0 Å².